The Morgan fingerprint density at radius 3 is 2.53 bits per heavy atom. The summed E-state index contributed by atoms with van der Waals surface area (Å²) in [6, 6.07) is 2.05. The van der Waals surface area contributed by atoms with Crippen molar-refractivity contribution in [1.29, 1.82) is 5.26 Å². The number of rotatable bonds is 6. The Balaban J connectivity index is 2.53. The molecule has 0 spiro atoms. The van der Waals surface area contributed by atoms with Gasteiger partial charge in [-0.1, -0.05) is 13.8 Å². The van der Waals surface area contributed by atoms with Crippen molar-refractivity contribution in [2.75, 3.05) is 18.8 Å². The summed E-state index contributed by atoms with van der Waals surface area (Å²) in [5.41, 5.74) is -0.240. The lowest BCUT2D eigenvalue weighted by Crippen LogP contribution is -2.57. The third kappa shape index (κ3) is 3.51. The van der Waals surface area contributed by atoms with Crippen LogP contribution >= 0.6 is 0 Å². The molecule has 1 heterocycles. The predicted molar refractivity (Wildman–Crippen MR) is 63.6 cm³/mol. The van der Waals surface area contributed by atoms with Crippen molar-refractivity contribution in [3.8, 4) is 6.07 Å². The number of hydrogen-bond acceptors (Lipinski definition) is 4. The first-order chi connectivity index (χ1) is 7.83. The highest BCUT2D eigenvalue weighted by Crippen LogP contribution is 2.34. The number of nitrogens with zero attached hydrogens (tertiary/aromatic N) is 2. The van der Waals surface area contributed by atoms with Crippen LogP contribution in [0.4, 0.5) is 0 Å². The highest BCUT2D eigenvalue weighted by atomic mass is 32.2. The van der Waals surface area contributed by atoms with E-state index in [2.05, 4.69) is 6.07 Å². The molecule has 6 heteroatoms. The van der Waals surface area contributed by atoms with E-state index >= 15 is 0 Å². The molecule has 0 N–H and O–H groups in total. The van der Waals surface area contributed by atoms with E-state index in [0.717, 1.165) is 0 Å². The Bertz CT molecular complexity index is 430. The molecule has 96 valence electrons. The number of ketones is 1. The van der Waals surface area contributed by atoms with Crippen molar-refractivity contribution in [3.05, 3.63) is 0 Å². The summed E-state index contributed by atoms with van der Waals surface area (Å²) in [6.07, 6.45) is 1.32. The lowest BCUT2D eigenvalue weighted by Gasteiger charge is -2.45. The topological polar surface area (TPSA) is 78.2 Å². The molecule has 0 unspecified atom stereocenters. The standard InChI is InChI=1S/C11H18N2O3S/c1-3-4-10(14)7-17(15,16)13-8-11(2,9-13)5-6-12/h3-5,7-9H2,1-2H3. The van der Waals surface area contributed by atoms with Crippen LogP contribution in [-0.4, -0.2) is 37.3 Å². The van der Waals surface area contributed by atoms with Crippen LogP contribution < -0.4 is 0 Å². The van der Waals surface area contributed by atoms with Crippen molar-refractivity contribution >= 4 is 15.8 Å². The van der Waals surface area contributed by atoms with E-state index in [-0.39, 0.29) is 11.2 Å². The summed E-state index contributed by atoms with van der Waals surface area (Å²) in [5, 5.41) is 8.60. The maximum Gasteiger partial charge on any atom is 0.221 e. The van der Waals surface area contributed by atoms with Crippen LogP contribution in [0.25, 0.3) is 0 Å². The smallest absolute Gasteiger partial charge is 0.221 e. The minimum Gasteiger partial charge on any atom is -0.299 e. The van der Waals surface area contributed by atoms with E-state index < -0.39 is 15.8 Å². The first-order valence-corrected chi connectivity index (χ1v) is 7.30. The second kappa shape index (κ2) is 5.15. The highest BCUT2D eigenvalue weighted by Gasteiger charge is 2.44. The van der Waals surface area contributed by atoms with Crippen LogP contribution in [0, 0.1) is 16.7 Å². The predicted octanol–water partition coefficient (Wildman–Crippen LogP) is 0.921. The Labute approximate surface area is 102 Å². The van der Waals surface area contributed by atoms with Crippen LogP contribution in [0.3, 0.4) is 0 Å². The van der Waals surface area contributed by atoms with E-state index in [4.69, 9.17) is 5.26 Å². The molecule has 0 aromatic rings. The van der Waals surface area contributed by atoms with Gasteiger partial charge in [-0.2, -0.15) is 5.26 Å². The molecule has 0 saturated carbocycles. The summed E-state index contributed by atoms with van der Waals surface area (Å²) in [5.74, 6) is -0.634. The molecule has 1 rings (SSSR count). The normalized spacial score (nSPS) is 19.4. The Kier molecular flexibility index (Phi) is 4.28. The third-order valence-electron chi connectivity index (χ3n) is 2.89. The Hall–Kier alpha value is -0.930. The summed E-state index contributed by atoms with van der Waals surface area (Å²) < 4.78 is 24.9. The van der Waals surface area contributed by atoms with Gasteiger partial charge in [-0.15, -0.1) is 0 Å². The fourth-order valence-electron chi connectivity index (χ4n) is 1.95. The lowest BCUT2D eigenvalue weighted by atomic mass is 9.81. The van der Waals surface area contributed by atoms with Gasteiger partial charge in [0.05, 0.1) is 6.07 Å². The van der Waals surface area contributed by atoms with Gasteiger partial charge < -0.3 is 0 Å². The molecule has 0 bridgehead atoms. The zero-order valence-electron chi connectivity index (χ0n) is 10.3. The van der Waals surface area contributed by atoms with Gasteiger partial charge in [0.2, 0.25) is 10.0 Å². The molecule has 1 saturated heterocycles. The maximum atomic E-state index is 11.8. The second-order valence-electron chi connectivity index (χ2n) is 4.96. The molecule has 0 aromatic heterocycles. The number of sulfonamides is 1. The first kappa shape index (κ1) is 14.1. The SMILES string of the molecule is CCCC(=O)CS(=O)(=O)N1CC(C)(CC#N)C1. The molecule has 1 aliphatic heterocycles. The Morgan fingerprint density at radius 2 is 2.06 bits per heavy atom. The van der Waals surface area contributed by atoms with Gasteiger partial charge in [0.1, 0.15) is 11.5 Å². The van der Waals surface area contributed by atoms with Crippen molar-refractivity contribution in [3.63, 3.8) is 0 Å². The molecule has 17 heavy (non-hydrogen) atoms. The molecule has 0 atom stereocenters. The van der Waals surface area contributed by atoms with Gasteiger partial charge in [0, 0.05) is 31.3 Å². The van der Waals surface area contributed by atoms with E-state index in [0.29, 0.717) is 32.4 Å². The van der Waals surface area contributed by atoms with Crippen LogP contribution in [0.5, 0.6) is 0 Å². The molecule has 0 aliphatic carbocycles. The lowest BCUT2D eigenvalue weighted by molar-refractivity contribution is -0.116. The number of carbonyl (C=O) groups excluding carboxylic acids is 1. The van der Waals surface area contributed by atoms with E-state index in [1.165, 1.54) is 4.31 Å². The fourth-order valence-corrected chi connectivity index (χ4v) is 3.70. The van der Waals surface area contributed by atoms with Gasteiger partial charge >= 0.3 is 0 Å². The summed E-state index contributed by atoms with van der Waals surface area (Å²) in [4.78, 5) is 11.3. The highest BCUT2D eigenvalue weighted by molar-refractivity contribution is 7.89. The molecule has 0 amide bonds. The summed E-state index contributed by atoms with van der Waals surface area (Å²) >= 11 is 0. The van der Waals surface area contributed by atoms with Crippen molar-refractivity contribution in [2.24, 2.45) is 5.41 Å². The van der Waals surface area contributed by atoms with Crippen LogP contribution in [-0.2, 0) is 14.8 Å². The van der Waals surface area contributed by atoms with E-state index in [9.17, 15) is 13.2 Å². The molecular formula is C11H18N2O3S. The quantitative estimate of drug-likeness (QED) is 0.709. The molecule has 1 fully saturated rings. The Morgan fingerprint density at radius 1 is 1.47 bits per heavy atom. The van der Waals surface area contributed by atoms with E-state index in [1.807, 2.05) is 13.8 Å². The van der Waals surface area contributed by atoms with Gasteiger partial charge in [-0.05, 0) is 6.42 Å². The number of hydrogen-bond donors (Lipinski definition) is 0. The third-order valence-corrected chi connectivity index (χ3v) is 4.62. The van der Waals surface area contributed by atoms with Crippen LogP contribution in [0.2, 0.25) is 0 Å². The summed E-state index contributed by atoms with van der Waals surface area (Å²) in [6.45, 7) is 4.43. The maximum absolute atomic E-state index is 11.8. The van der Waals surface area contributed by atoms with Crippen molar-refractivity contribution < 1.29 is 13.2 Å². The minimum absolute atomic E-state index is 0.235. The average molecular weight is 258 g/mol. The minimum atomic E-state index is -3.46. The zero-order chi connectivity index (χ0) is 13.1. The molecule has 0 radical (unpaired) electrons. The van der Waals surface area contributed by atoms with Gasteiger partial charge in [0.25, 0.3) is 0 Å². The van der Waals surface area contributed by atoms with Gasteiger partial charge in [-0.3, -0.25) is 4.79 Å². The molecular weight excluding hydrogens is 240 g/mol. The van der Waals surface area contributed by atoms with Crippen molar-refractivity contribution in [1.82, 2.24) is 4.31 Å². The van der Waals surface area contributed by atoms with Crippen molar-refractivity contribution in [2.45, 2.75) is 33.1 Å². The van der Waals surface area contributed by atoms with Gasteiger partial charge in [-0.25, -0.2) is 12.7 Å². The number of nitriles is 1. The van der Waals surface area contributed by atoms with Crippen LogP contribution in [0.15, 0.2) is 0 Å². The monoisotopic (exact) mass is 258 g/mol. The largest absolute Gasteiger partial charge is 0.299 e. The molecule has 5 nitrogen and oxygen atoms in total. The van der Waals surface area contributed by atoms with Crippen LogP contribution in [0.1, 0.15) is 33.1 Å². The van der Waals surface area contributed by atoms with Gasteiger partial charge in [0.15, 0.2) is 0 Å². The molecule has 0 aromatic carbocycles. The molecule has 1 aliphatic rings. The number of Topliss-reactive ketones (excluding diaryl/α,β-unsaturated/α-hetero) is 1. The first-order valence-electron chi connectivity index (χ1n) is 5.69. The second-order valence-corrected chi connectivity index (χ2v) is 6.93. The fraction of sp³-hybridized carbons (Fsp3) is 0.818. The number of carbonyl (C=O) groups is 1. The van der Waals surface area contributed by atoms with E-state index in [1.54, 1.807) is 0 Å². The average Bonchev–Trinajstić information content (AvgIpc) is 2.13. The zero-order valence-corrected chi connectivity index (χ0v) is 11.1. The summed E-state index contributed by atoms with van der Waals surface area (Å²) in [7, 11) is -3.46.